The fraction of sp³-hybridized carbons (Fsp3) is 0.786. The highest BCUT2D eigenvalue weighted by Crippen LogP contribution is 2.36. The van der Waals surface area contributed by atoms with E-state index in [4.69, 9.17) is 0 Å². The first-order valence-electron chi connectivity index (χ1n) is 6.76. The van der Waals surface area contributed by atoms with Gasteiger partial charge in [0.25, 0.3) is 0 Å². The van der Waals surface area contributed by atoms with Crippen LogP contribution in [0.25, 0.3) is 0 Å². The lowest BCUT2D eigenvalue weighted by molar-refractivity contribution is 0.194. The van der Waals surface area contributed by atoms with Crippen molar-refractivity contribution in [2.75, 3.05) is 18.0 Å². The van der Waals surface area contributed by atoms with Crippen LogP contribution in [0.5, 0.6) is 0 Å². The summed E-state index contributed by atoms with van der Waals surface area (Å²) in [6.07, 6.45) is 2.03. The average Bonchev–Trinajstić information content (AvgIpc) is 2.77. The number of aromatic nitrogens is 1. The first-order chi connectivity index (χ1) is 8.38. The molecule has 3 nitrogen and oxygen atoms in total. The monoisotopic (exact) mass is 268 g/mol. The van der Waals surface area contributed by atoms with E-state index in [1.54, 1.807) is 18.3 Å². The van der Waals surface area contributed by atoms with Crippen LogP contribution in [-0.2, 0) is 0 Å². The second-order valence-corrected chi connectivity index (χ2v) is 7.19. The first kappa shape index (κ1) is 13.8. The molecular weight excluding hydrogens is 244 g/mol. The van der Waals surface area contributed by atoms with Crippen molar-refractivity contribution >= 4 is 16.5 Å². The lowest BCUT2D eigenvalue weighted by Gasteiger charge is -2.38. The Bertz CT molecular complexity index is 387. The molecule has 1 N–H and O–H groups in total. The van der Waals surface area contributed by atoms with Crippen LogP contribution in [0.1, 0.15) is 52.3 Å². The molecule has 1 aromatic rings. The third-order valence-electron chi connectivity index (χ3n) is 3.93. The van der Waals surface area contributed by atoms with E-state index in [0.717, 1.165) is 29.8 Å². The third kappa shape index (κ3) is 3.04. The number of aliphatic hydroxyl groups excluding tert-OH is 1. The Labute approximate surface area is 114 Å². The molecule has 0 aliphatic carbocycles. The molecule has 2 heterocycles. The quantitative estimate of drug-likeness (QED) is 0.892. The largest absolute Gasteiger partial charge is 0.387 e. The van der Waals surface area contributed by atoms with Crippen LogP contribution in [0, 0.1) is 11.3 Å². The first-order valence-corrected chi connectivity index (χ1v) is 7.64. The normalized spacial score (nSPS) is 20.2. The molecule has 0 spiro atoms. The highest BCUT2D eigenvalue weighted by molar-refractivity contribution is 7.13. The minimum atomic E-state index is -0.456. The van der Waals surface area contributed by atoms with Gasteiger partial charge in [-0.1, -0.05) is 20.8 Å². The van der Waals surface area contributed by atoms with Crippen molar-refractivity contribution < 1.29 is 5.11 Å². The summed E-state index contributed by atoms with van der Waals surface area (Å²) in [5.41, 5.74) is 1.22. The molecule has 0 amide bonds. The number of aliphatic hydroxyl groups is 1. The van der Waals surface area contributed by atoms with E-state index in [1.807, 2.05) is 5.38 Å². The summed E-state index contributed by atoms with van der Waals surface area (Å²) >= 11 is 1.65. The van der Waals surface area contributed by atoms with E-state index < -0.39 is 6.10 Å². The molecule has 1 aromatic heterocycles. The predicted molar refractivity (Wildman–Crippen MR) is 77.1 cm³/mol. The molecule has 1 fully saturated rings. The van der Waals surface area contributed by atoms with Crippen molar-refractivity contribution in [3.63, 3.8) is 0 Å². The van der Waals surface area contributed by atoms with Crippen molar-refractivity contribution in [3.8, 4) is 0 Å². The van der Waals surface area contributed by atoms with Crippen molar-refractivity contribution in [1.82, 2.24) is 4.98 Å². The number of rotatable bonds is 2. The molecule has 1 saturated heterocycles. The molecule has 0 aromatic carbocycles. The Hall–Kier alpha value is -0.610. The predicted octanol–water partition coefficient (Wildman–Crippen LogP) is 3.46. The molecule has 1 aliphatic heterocycles. The van der Waals surface area contributed by atoms with Gasteiger partial charge in [0.1, 0.15) is 0 Å². The van der Waals surface area contributed by atoms with Crippen molar-refractivity contribution in [1.29, 1.82) is 0 Å². The Morgan fingerprint density at radius 2 is 2.00 bits per heavy atom. The maximum Gasteiger partial charge on any atom is 0.185 e. The Morgan fingerprint density at radius 1 is 1.39 bits per heavy atom. The molecule has 0 bridgehead atoms. The highest BCUT2D eigenvalue weighted by Gasteiger charge is 2.29. The summed E-state index contributed by atoms with van der Waals surface area (Å²) in [6.45, 7) is 11.0. The van der Waals surface area contributed by atoms with Crippen LogP contribution < -0.4 is 4.90 Å². The Balaban J connectivity index is 1.97. The fourth-order valence-electron chi connectivity index (χ4n) is 2.55. The zero-order valence-electron chi connectivity index (χ0n) is 11.8. The van der Waals surface area contributed by atoms with Gasteiger partial charge in [-0.25, -0.2) is 4.98 Å². The maximum absolute atomic E-state index is 9.51. The van der Waals surface area contributed by atoms with Crippen LogP contribution in [0.4, 0.5) is 5.13 Å². The molecule has 0 saturated carbocycles. The lowest BCUT2D eigenvalue weighted by Crippen LogP contribution is -2.38. The van der Waals surface area contributed by atoms with Gasteiger partial charge < -0.3 is 10.0 Å². The molecule has 4 heteroatoms. The van der Waals surface area contributed by atoms with Crippen molar-refractivity contribution in [2.45, 2.75) is 46.6 Å². The van der Waals surface area contributed by atoms with Gasteiger partial charge >= 0.3 is 0 Å². The Morgan fingerprint density at radius 3 is 2.44 bits per heavy atom. The second kappa shape index (κ2) is 5.17. The molecular formula is C14H24N2OS. The van der Waals surface area contributed by atoms with E-state index in [2.05, 4.69) is 30.7 Å². The van der Waals surface area contributed by atoms with Crippen LogP contribution in [0.2, 0.25) is 0 Å². The van der Waals surface area contributed by atoms with Gasteiger partial charge in [-0.05, 0) is 31.1 Å². The van der Waals surface area contributed by atoms with Crippen molar-refractivity contribution in [2.24, 2.45) is 11.3 Å². The number of anilines is 1. The minimum Gasteiger partial charge on any atom is -0.387 e. The van der Waals surface area contributed by atoms with Crippen LogP contribution in [0.3, 0.4) is 0 Å². The molecule has 102 valence electrons. The minimum absolute atomic E-state index is 0.416. The summed E-state index contributed by atoms with van der Waals surface area (Å²) in [5.74, 6) is 0.810. The SMILES string of the molecule is CC(O)c1csc(N2CCC(C(C)(C)C)CC2)n1. The Kier molecular flexibility index (Phi) is 3.97. The van der Waals surface area contributed by atoms with Crippen LogP contribution >= 0.6 is 11.3 Å². The van der Waals surface area contributed by atoms with Gasteiger partial charge in [0.05, 0.1) is 11.8 Å². The van der Waals surface area contributed by atoms with Crippen LogP contribution in [-0.4, -0.2) is 23.2 Å². The highest BCUT2D eigenvalue weighted by atomic mass is 32.1. The van der Waals surface area contributed by atoms with E-state index in [-0.39, 0.29) is 0 Å². The van der Waals surface area contributed by atoms with Gasteiger partial charge in [-0.15, -0.1) is 11.3 Å². The molecule has 1 unspecified atom stereocenters. The van der Waals surface area contributed by atoms with E-state index in [1.165, 1.54) is 12.8 Å². The molecule has 1 aliphatic rings. The van der Waals surface area contributed by atoms with E-state index in [9.17, 15) is 5.11 Å². The summed E-state index contributed by atoms with van der Waals surface area (Å²) in [7, 11) is 0. The number of hydrogen-bond donors (Lipinski definition) is 1. The zero-order valence-corrected chi connectivity index (χ0v) is 12.6. The zero-order chi connectivity index (χ0) is 13.3. The van der Waals surface area contributed by atoms with Crippen LogP contribution in [0.15, 0.2) is 5.38 Å². The smallest absolute Gasteiger partial charge is 0.185 e. The summed E-state index contributed by atoms with van der Waals surface area (Å²) < 4.78 is 0. The van der Waals surface area contributed by atoms with Gasteiger partial charge in [0.15, 0.2) is 5.13 Å². The maximum atomic E-state index is 9.51. The van der Waals surface area contributed by atoms with Gasteiger partial charge in [0.2, 0.25) is 0 Å². The van der Waals surface area contributed by atoms with E-state index >= 15 is 0 Å². The molecule has 1 atom stereocenters. The molecule has 2 rings (SSSR count). The number of thiazole rings is 1. The second-order valence-electron chi connectivity index (χ2n) is 6.36. The average molecular weight is 268 g/mol. The van der Waals surface area contributed by atoms with Gasteiger partial charge in [-0.2, -0.15) is 0 Å². The molecule has 0 radical (unpaired) electrons. The van der Waals surface area contributed by atoms with Crippen molar-refractivity contribution in [3.05, 3.63) is 11.1 Å². The summed E-state index contributed by atoms with van der Waals surface area (Å²) in [5, 5.41) is 12.5. The summed E-state index contributed by atoms with van der Waals surface area (Å²) in [6, 6.07) is 0. The number of hydrogen-bond acceptors (Lipinski definition) is 4. The third-order valence-corrected chi connectivity index (χ3v) is 4.85. The summed E-state index contributed by atoms with van der Waals surface area (Å²) in [4.78, 5) is 6.87. The fourth-order valence-corrected chi connectivity index (χ4v) is 3.52. The topological polar surface area (TPSA) is 36.4 Å². The standard InChI is InChI=1S/C14H24N2OS/c1-10(17)12-9-18-13(15-12)16-7-5-11(6-8-16)14(2,3)4/h9-11,17H,5-8H2,1-4H3. The lowest BCUT2D eigenvalue weighted by atomic mass is 9.75. The van der Waals surface area contributed by atoms with Gasteiger partial charge in [-0.3, -0.25) is 0 Å². The molecule has 18 heavy (non-hydrogen) atoms. The number of piperidine rings is 1. The van der Waals surface area contributed by atoms with Gasteiger partial charge in [0, 0.05) is 18.5 Å². The number of nitrogens with zero attached hydrogens (tertiary/aromatic N) is 2. The van der Waals surface area contributed by atoms with E-state index in [0.29, 0.717) is 5.41 Å².